The van der Waals surface area contributed by atoms with E-state index in [0.29, 0.717) is 0 Å². The molecule has 0 fully saturated rings. The van der Waals surface area contributed by atoms with Crippen LogP contribution < -0.4 is 0 Å². The Morgan fingerprint density at radius 1 is 0.239 bits per heavy atom. The van der Waals surface area contributed by atoms with Crippen LogP contribution in [0.4, 0.5) is 0 Å². The minimum atomic E-state index is -0.0737. The maximum Gasteiger partial charge on any atom is 0.0782 e. The van der Waals surface area contributed by atoms with Gasteiger partial charge in [0, 0.05) is 21.6 Å². The molecule has 0 amide bonds. The molecule has 0 saturated carbocycles. The number of hydrogen-bond acceptors (Lipinski definition) is 2. The maximum absolute atomic E-state index is 3.58. The smallest absolute Gasteiger partial charge is 0.0782 e. The van der Waals surface area contributed by atoms with Crippen LogP contribution in [0.5, 0.6) is 0 Å². The highest BCUT2D eigenvalue weighted by molar-refractivity contribution is 7.13. The van der Waals surface area contributed by atoms with Crippen LogP contribution in [0.3, 0.4) is 0 Å². The van der Waals surface area contributed by atoms with E-state index < -0.39 is 0 Å². The van der Waals surface area contributed by atoms with Gasteiger partial charge in [-0.3, -0.25) is 0 Å². The third kappa shape index (κ3) is 12.9. The third-order valence-electron chi connectivity index (χ3n) is 18.4. The number of thiophene rings is 2. The number of fused-ring (bicyclic) bond motifs is 4. The zero-order valence-corrected chi connectivity index (χ0v) is 59.5. The van der Waals surface area contributed by atoms with Crippen molar-refractivity contribution in [3.8, 4) is 68.2 Å². The normalized spacial score (nSPS) is 13.2. The second-order valence-electron chi connectivity index (χ2n) is 33.6. The summed E-state index contributed by atoms with van der Waals surface area (Å²) in [6.45, 7) is 56.2. The molecule has 2 aromatic rings. The molecule has 88 heavy (non-hydrogen) atoms. The summed E-state index contributed by atoms with van der Waals surface area (Å²) in [5, 5.41) is 0. The van der Waals surface area contributed by atoms with Gasteiger partial charge in [0.25, 0.3) is 0 Å². The van der Waals surface area contributed by atoms with Gasteiger partial charge in [0.2, 0.25) is 0 Å². The highest BCUT2D eigenvalue weighted by Gasteiger charge is 2.37. The van der Waals surface area contributed by atoms with Crippen LogP contribution in [0.15, 0.2) is 146 Å². The Bertz CT molecular complexity index is 3730. The zero-order chi connectivity index (χ0) is 64.2. The van der Waals surface area contributed by atoms with Crippen molar-refractivity contribution >= 4 is 22.7 Å². The Morgan fingerprint density at radius 3 is 0.636 bits per heavy atom. The molecule has 0 aromatic carbocycles. The molecule has 0 atom stereocenters. The Hall–Kier alpha value is -6.68. The minimum Gasteiger partial charge on any atom is -0.131 e. The van der Waals surface area contributed by atoms with Gasteiger partial charge in [-0.15, -0.1) is 22.7 Å². The summed E-state index contributed by atoms with van der Waals surface area (Å²) in [6, 6.07) is 57.6. The van der Waals surface area contributed by atoms with Gasteiger partial charge in [-0.1, -0.05) is 287 Å². The molecule has 0 aliphatic heterocycles. The van der Waals surface area contributed by atoms with Crippen molar-refractivity contribution in [2.75, 3.05) is 0 Å². The highest BCUT2D eigenvalue weighted by atomic mass is 32.1. The van der Waals surface area contributed by atoms with E-state index in [1.807, 2.05) is 22.7 Å². The number of hydrogen-bond donors (Lipinski definition) is 0. The maximum atomic E-state index is 3.58. The fourth-order valence-corrected chi connectivity index (χ4v) is 15.2. The SMILES string of the molecule is CC(C)(C)c1ccc2c(C(c3ccc(C#CC#Cc4ccc(C(c5cc(C(C)(C)C)c6ccc(C(C)(C)C)ccc5-6)c5cc(C(C)(C)C)c6ccc(C(C)(C)C)ccc5-6)s4)s3)c3cc(C(C)(C)C)c4ccc(C(C)(C)C)ccc3-4)cc(C(C)(C)C)c-2cc1. The lowest BCUT2D eigenvalue weighted by atomic mass is 9.85. The lowest BCUT2D eigenvalue weighted by Gasteiger charge is -2.19. The van der Waals surface area contributed by atoms with Crippen LogP contribution in [0.1, 0.15) is 264 Å². The fourth-order valence-electron chi connectivity index (χ4n) is 13.2. The highest BCUT2D eigenvalue weighted by Crippen LogP contribution is 2.54. The summed E-state index contributed by atoms with van der Waals surface area (Å²) in [7, 11) is 0. The molecule has 0 spiro atoms. The van der Waals surface area contributed by atoms with E-state index in [2.05, 4.69) is 335 Å². The van der Waals surface area contributed by atoms with Gasteiger partial charge in [-0.05, 0) is 203 Å². The largest absolute Gasteiger partial charge is 0.131 e. The molecular weight excluding hydrogens is 1100 g/mol. The lowest BCUT2D eigenvalue weighted by Crippen LogP contribution is -2.11. The first-order valence-corrected chi connectivity index (χ1v) is 33.8. The van der Waals surface area contributed by atoms with Gasteiger partial charge in [-0.2, -0.15) is 0 Å². The second-order valence-corrected chi connectivity index (χ2v) is 35.9. The van der Waals surface area contributed by atoms with Crippen LogP contribution >= 0.6 is 22.7 Å². The monoisotopic (exact) mass is 1190 g/mol. The summed E-state index contributed by atoms with van der Waals surface area (Å²) < 4.78 is 0. The average Bonchev–Trinajstić information content (AvgIpc) is 1.67. The predicted octanol–water partition coefficient (Wildman–Crippen LogP) is 24.4. The molecule has 10 rings (SSSR count). The fraction of sp³-hybridized carbons (Fsp3) is 0.395. The molecular formula is C86H98S2. The first kappa shape index (κ1) is 64.3. The van der Waals surface area contributed by atoms with Crippen molar-refractivity contribution in [3.05, 3.63) is 232 Å². The molecule has 0 bridgehead atoms. The van der Waals surface area contributed by atoms with Crippen molar-refractivity contribution in [3.63, 3.8) is 0 Å². The minimum absolute atomic E-state index is 0.00951. The van der Waals surface area contributed by atoms with Gasteiger partial charge < -0.3 is 0 Å². The molecule has 2 heteroatoms. The summed E-state index contributed by atoms with van der Waals surface area (Å²) >= 11 is 3.63. The first-order chi connectivity index (χ1) is 40.7. The molecule has 0 N–H and O–H groups in total. The molecule has 0 nitrogen and oxygen atoms in total. The Kier molecular flexibility index (Phi) is 16.6. The van der Waals surface area contributed by atoms with Crippen LogP contribution in [0, 0.1) is 23.7 Å². The lowest BCUT2D eigenvalue weighted by molar-refractivity contribution is 0.590. The first-order valence-electron chi connectivity index (χ1n) is 32.2. The molecule has 8 aliphatic rings. The Morgan fingerprint density at radius 2 is 0.443 bits per heavy atom. The van der Waals surface area contributed by atoms with Crippen molar-refractivity contribution in [2.24, 2.45) is 0 Å². The van der Waals surface area contributed by atoms with Crippen LogP contribution in [-0.4, -0.2) is 0 Å². The second kappa shape index (κ2) is 22.7. The van der Waals surface area contributed by atoms with E-state index in [0.717, 1.165) is 9.75 Å². The molecule has 0 saturated heterocycles. The molecule has 2 aromatic heterocycles. The molecule has 0 unspecified atom stereocenters. The summed E-state index contributed by atoms with van der Waals surface area (Å²) in [5.74, 6) is 13.8. The average molecular weight is 1200 g/mol. The molecule has 8 aliphatic carbocycles. The van der Waals surface area contributed by atoms with Crippen molar-refractivity contribution in [2.45, 2.75) is 221 Å². The molecule has 2 heterocycles. The predicted molar refractivity (Wildman–Crippen MR) is 386 cm³/mol. The third-order valence-corrected chi connectivity index (χ3v) is 20.5. The van der Waals surface area contributed by atoms with Gasteiger partial charge >= 0.3 is 0 Å². The van der Waals surface area contributed by atoms with E-state index in [4.69, 9.17) is 0 Å². The van der Waals surface area contributed by atoms with Crippen LogP contribution in [-0.2, 0) is 43.3 Å². The standard InChI is InChI=1S/C86H98S2/c1-79(2,3)53-29-39-59-63(43-33-53)71(83(13,14)15)49-67(59)77(68-50-72(84(16,17)18)64-44-34-54(80(4,5)6)30-40-60(64)68)75-47-37-57(87-75)27-25-26-28-58-38-48-76(88-58)78(69-51-73(85(19,20)21)65-45-35-55(81(7,8)9)31-41-61(65)69)70-52-74(86(22,23)24)66-46-36-56(82(10,11)12)32-42-62(66)70/h29-52,77-78H,1-24H3. The van der Waals surface area contributed by atoms with Gasteiger partial charge in [0.1, 0.15) is 0 Å². The van der Waals surface area contributed by atoms with Gasteiger partial charge in [0.05, 0.1) is 9.75 Å². The van der Waals surface area contributed by atoms with Crippen molar-refractivity contribution < 1.29 is 0 Å². The van der Waals surface area contributed by atoms with E-state index in [1.165, 1.54) is 121 Å². The Balaban J connectivity index is 1.11. The molecule has 454 valence electrons. The summed E-state index contributed by atoms with van der Waals surface area (Å²) in [6.07, 6.45) is 0. The number of rotatable bonds is 6. The van der Waals surface area contributed by atoms with Crippen LogP contribution in [0.2, 0.25) is 0 Å². The van der Waals surface area contributed by atoms with Crippen LogP contribution in [0.25, 0.3) is 44.5 Å². The Labute approximate surface area is 540 Å². The van der Waals surface area contributed by atoms with Crippen molar-refractivity contribution in [1.82, 2.24) is 0 Å². The summed E-state index contributed by atoms with van der Waals surface area (Å²) in [5.41, 5.74) is 26.5. The zero-order valence-electron chi connectivity index (χ0n) is 57.8. The van der Waals surface area contributed by atoms with E-state index in [1.54, 1.807) is 0 Å². The van der Waals surface area contributed by atoms with E-state index >= 15 is 0 Å². The van der Waals surface area contributed by atoms with Gasteiger partial charge in [0.15, 0.2) is 0 Å². The van der Waals surface area contributed by atoms with E-state index in [-0.39, 0.29) is 55.2 Å². The van der Waals surface area contributed by atoms with E-state index in [9.17, 15) is 0 Å². The topological polar surface area (TPSA) is 0 Å². The quantitative estimate of drug-likeness (QED) is 0.146. The van der Waals surface area contributed by atoms with Gasteiger partial charge in [-0.25, -0.2) is 0 Å². The van der Waals surface area contributed by atoms with Crippen molar-refractivity contribution in [1.29, 1.82) is 0 Å². The molecule has 0 radical (unpaired) electrons. The summed E-state index contributed by atoms with van der Waals surface area (Å²) in [4.78, 5) is 4.60.